The molecule has 3 aromatic rings. The van der Waals surface area contributed by atoms with Crippen LogP contribution in [0.4, 0.5) is 0 Å². The van der Waals surface area contributed by atoms with Gasteiger partial charge in [-0.2, -0.15) is 5.26 Å². The van der Waals surface area contributed by atoms with Crippen LogP contribution < -0.4 is 10.1 Å². The number of ether oxygens (including phenoxy) is 1. The molecule has 0 saturated carbocycles. The van der Waals surface area contributed by atoms with Crippen molar-refractivity contribution in [2.45, 2.75) is 53.2 Å². The fraction of sp³-hybridized carbons (Fsp3) is 0.444. The zero-order valence-corrected chi connectivity index (χ0v) is 21.7. The molecule has 5 heterocycles. The Labute approximate surface area is 214 Å². The number of nitriles is 1. The molecule has 36 heavy (non-hydrogen) atoms. The third-order valence-electron chi connectivity index (χ3n) is 7.36. The number of likely N-dealkylation sites (tertiary alicyclic amines) is 1. The van der Waals surface area contributed by atoms with Crippen molar-refractivity contribution in [1.82, 2.24) is 20.2 Å². The highest BCUT2D eigenvalue weighted by atomic mass is 32.1. The number of nitrogens with one attached hydrogen (secondary N) is 1. The van der Waals surface area contributed by atoms with Crippen LogP contribution in [0.15, 0.2) is 24.4 Å². The molecule has 8 nitrogen and oxygen atoms in total. The number of carbonyl (C=O) groups is 2. The summed E-state index contributed by atoms with van der Waals surface area (Å²) in [5, 5.41) is 13.0. The predicted molar refractivity (Wildman–Crippen MR) is 137 cm³/mol. The van der Waals surface area contributed by atoms with Gasteiger partial charge in [-0.3, -0.25) is 19.5 Å². The highest BCUT2D eigenvalue weighted by molar-refractivity contribution is 7.19. The number of carbonyl (C=O) groups excluding carboxylic acids is 2. The lowest BCUT2D eigenvalue weighted by molar-refractivity contribution is -0.141. The summed E-state index contributed by atoms with van der Waals surface area (Å²) in [6.45, 7) is 9.35. The molecule has 0 aromatic carbocycles. The van der Waals surface area contributed by atoms with Crippen molar-refractivity contribution in [3.63, 3.8) is 0 Å². The van der Waals surface area contributed by atoms with Gasteiger partial charge in [0.05, 0.1) is 22.2 Å². The maximum atomic E-state index is 12.9. The Morgan fingerprint density at radius 2 is 2.14 bits per heavy atom. The minimum atomic E-state index is -0.712. The number of hydrogen-bond donors (Lipinski definition) is 1. The summed E-state index contributed by atoms with van der Waals surface area (Å²) in [5.41, 5.74) is 2.66. The lowest BCUT2D eigenvalue weighted by Crippen LogP contribution is -2.37. The summed E-state index contributed by atoms with van der Waals surface area (Å²) in [7, 11) is 0. The summed E-state index contributed by atoms with van der Waals surface area (Å²) in [5.74, 6) is 0.0152. The third kappa shape index (κ3) is 4.14. The standard InChI is InChI=1S/C27H29N5O3S/c1-15-10-17(12-28)31-22(23(15)35-18-6-5-8-29-13-18)20-7-9-30-21-11-19(36-24(20)21)14-32-25(33)16(2)27(3,4)26(32)34/h7,9-11,16,18,29H,5-6,8,13-14H2,1-4H3. The number of thiophene rings is 1. The van der Waals surface area contributed by atoms with Crippen molar-refractivity contribution in [1.29, 1.82) is 5.26 Å². The first kappa shape index (κ1) is 24.3. The summed E-state index contributed by atoms with van der Waals surface area (Å²) in [6.07, 6.45) is 3.74. The number of nitrogens with zero attached hydrogens (tertiary/aromatic N) is 4. The molecular weight excluding hydrogens is 474 g/mol. The fourth-order valence-corrected chi connectivity index (χ4v) is 5.99. The molecule has 1 N–H and O–H groups in total. The Balaban J connectivity index is 1.55. The molecular formula is C27H29N5O3S. The van der Waals surface area contributed by atoms with Crippen molar-refractivity contribution < 1.29 is 14.3 Å². The van der Waals surface area contributed by atoms with E-state index in [-0.39, 0.29) is 30.4 Å². The van der Waals surface area contributed by atoms with Gasteiger partial charge >= 0.3 is 0 Å². The molecule has 2 atom stereocenters. The number of rotatable bonds is 5. The van der Waals surface area contributed by atoms with E-state index in [4.69, 9.17) is 4.74 Å². The number of aromatic nitrogens is 2. The van der Waals surface area contributed by atoms with Gasteiger partial charge in [0.25, 0.3) is 0 Å². The zero-order valence-electron chi connectivity index (χ0n) is 20.9. The van der Waals surface area contributed by atoms with E-state index < -0.39 is 5.41 Å². The smallest absolute Gasteiger partial charge is 0.235 e. The van der Waals surface area contributed by atoms with Crippen LogP contribution in [-0.4, -0.2) is 45.9 Å². The van der Waals surface area contributed by atoms with E-state index in [1.54, 1.807) is 12.3 Å². The van der Waals surface area contributed by atoms with Crippen LogP contribution in [0.25, 0.3) is 21.5 Å². The summed E-state index contributed by atoms with van der Waals surface area (Å²) in [6, 6.07) is 7.72. The van der Waals surface area contributed by atoms with E-state index in [0.717, 1.165) is 52.2 Å². The average molecular weight is 504 g/mol. The SMILES string of the molecule is Cc1cc(C#N)nc(-c2ccnc3cc(CN4C(=O)C(C)C(C)(C)C4=O)sc23)c1OC1CCCNC1. The first-order valence-electron chi connectivity index (χ1n) is 12.2. The number of hydrogen-bond acceptors (Lipinski definition) is 8. The quantitative estimate of drug-likeness (QED) is 0.520. The topological polar surface area (TPSA) is 108 Å². The lowest BCUT2D eigenvalue weighted by Gasteiger charge is -2.26. The van der Waals surface area contributed by atoms with Gasteiger partial charge < -0.3 is 10.1 Å². The molecule has 2 amide bonds. The Morgan fingerprint density at radius 3 is 2.81 bits per heavy atom. The van der Waals surface area contributed by atoms with Crippen molar-refractivity contribution in [2.24, 2.45) is 11.3 Å². The molecule has 0 spiro atoms. The molecule has 0 bridgehead atoms. The Hall–Kier alpha value is -3.35. The number of pyridine rings is 2. The van der Waals surface area contributed by atoms with E-state index in [2.05, 4.69) is 21.4 Å². The van der Waals surface area contributed by atoms with Crippen molar-refractivity contribution in [3.8, 4) is 23.1 Å². The minimum Gasteiger partial charge on any atom is -0.487 e. The Kier molecular flexibility index (Phi) is 6.27. The molecule has 2 fully saturated rings. The second-order valence-electron chi connectivity index (χ2n) is 10.2. The minimum absolute atomic E-state index is 0.0275. The first-order chi connectivity index (χ1) is 17.2. The maximum absolute atomic E-state index is 12.9. The van der Waals surface area contributed by atoms with Crippen molar-refractivity contribution in [3.05, 3.63) is 40.5 Å². The van der Waals surface area contributed by atoms with Gasteiger partial charge in [-0.05, 0) is 50.1 Å². The largest absolute Gasteiger partial charge is 0.487 e. The van der Waals surface area contributed by atoms with Crippen LogP contribution in [0.2, 0.25) is 0 Å². The number of piperidine rings is 1. The fourth-order valence-electron chi connectivity index (χ4n) is 4.87. The predicted octanol–water partition coefficient (Wildman–Crippen LogP) is 4.20. The van der Waals surface area contributed by atoms with Crippen LogP contribution >= 0.6 is 11.3 Å². The van der Waals surface area contributed by atoms with E-state index in [9.17, 15) is 14.9 Å². The summed E-state index contributed by atoms with van der Waals surface area (Å²) in [4.78, 5) is 37.2. The van der Waals surface area contributed by atoms with E-state index in [0.29, 0.717) is 17.1 Å². The molecule has 2 aliphatic heterocycles. The van der Waals surface area contributed by atoms with Crippen LogP contribution in [0.3, 0.4) is 0 Å². The molecule has 2 saturated heterocycles. The zero-order chi connectivity index (χ0) is 25.6. The van der Waals surface area contributed by atoms with Crippen LogP contribution in [0, 0.1) is 29.6 Å². The van der Waals surface area contributed by atoms with Crippen LogP contribution in [0.5, 0.6) is 5.75 Å². The summed E-state index contributed by atoms with van der Waals surface area (Å²) < 4.78 is 7.33. The van der Waals surface area contributed by atoms with Gasteiger partial charge in [0, 0.05) is 29.1 Å². The van der Waals surface area contributed by atoms with Crippen LogP contribution in [0.1, 0.15) is 49.7 Å². The summed E-state index contributed by atoms with van der Waals surface area (Å²) >= 11 is 1.49. The van der Waals surface area contributed by atoms with Crippen molar-refractivity contribution in [2.75, 3.05) is 13.1 Å². The molecule has 186 valence electrons. The maximum Gasteiger partial charge on any atom is 0.235 e. The molecule has 0 radical (unpaired) electrons. The average Bonchev–Trinajstić information content (AvgIpc) is 3.35. The van der Waals surface area contributed by atoms with Crippen molar-refractivity contribution >= 4 is 33.4 Å². The molecule has 5 rings (SSSR count). The normalized spacial score (nSPS) is 21.7. The van der Waals surface area contributed by atoms with Crippen LogP contribution in [-0.2, 0) is 16.1 Å². The Morgan fingerprint density at radius 1 is 1.33 bits per heavy atom. The number of imide groups is 1. The molecule has 9 heteroatoms. The van der Waals surface area contributed by atoms with Gasteiger partial charge in [-0.1, -0.05) is 20.8 Å². The third-order valence-corrected chi connectivity index (χ3v) is 8.50. The second kappa shape index (κ2) is 9.26. The molecule has 0 aliphatic carbocycles. The van der Waals surface area contributed by atoms with Gasteiger partial charge in [0.2, 0.25) is 11.8 Å². The van der Waals surface area contributed by atoms with E-state index >= 15 is 0 Å². The lowest BCUT2D eigenvalue weighted by atomic mass is 9.82. The number of aryl methyl sites for hydroxylation is 1. The molecule has 2 aliphatic rings. The first-order valence-corrected chi connectivity index (χ1v) is 13.0. The van der Waals surface area contributed by atoms with E-state index in [1.807, 2.05) is 39.8 Å². The molecule has 3 aromatic heterocycles. The monoisotopic (exact) mass is 503 g/mol. The van der Waals surface area contributed by atoms with Gasteiger partial charge in [-0.15, -0.1) is 11.3 Å². The van der Waals surface area contributed by atoms with Gasteiger partial charge in [-0.25, -0.2) is 4.98 Å². The highest BCUT2D eigenvalue weighted by Crippen LogP contribution is 2.42. The van der Waals surface area contributed by atoms with E-state index in [1.165, 1.54) is 16.2 Å². The van der Waals surface area contributed by atoms with Gasteiger partial charge in [0.15, 0.2) is 0 Å². The number of amides is 2. The molecule has 2 unspecified atom stereocenters. The second-order valence-corrected chi connectivity index (χ2v) is 11.3. The Bertz CT molecular complexity index is 1400. The highest BCUT2D eigenvalue weighted by Gasteiger charge is 2.51. The number of fused-ring (bicyclic) bond motifs is 1. The van der Waals surface area contributed by atoms with Gasteiger partial charge in [0.1, 0.15) is 29.3 Å².